The van der Waals surface area contributed by atoms with Gasteiger partial charge in [-0.25, -0.2) is 0 Å². The van der Waals surface area contributed by atoms with Crippen molar-refractivity contribution in [2.45, 2.75) is 90.9 Å². The summed E-state index contributed by atoms with van der Waals surface area (Å²) in [6, 6.07) is 7.56. The average molecular weight is 462 g/mol. The van der Waals surface area contributed by atoms with Gasteiger partial charge in [-0.2, -0.15) is 0 Å². The van der Waals surface area contributed by atoms with Gasteiger partial charge in [0.15, 0.2) is 0 Å². The van der Waals surface area contributed by atoms with Crippen LogP contribution >= 0.6 is 12.4 Å². The summed E-state index contributed by atoms with van der Waals surface area (Å²) in [5, 5.41) is 0. The lowest BCUT2D eigenvalue weighted by molar-refractivity contribution is 0.224. The third-order valence-corrected chi connectivity index (χ3v) is 8.30. The first kappa shape index (κ1) is 25.7. The number of nitrogens with zero attached hydrogens (tertiary/aromatic N) is 3. The van der Waals surface area contributed by atoms with Gasteiger partial charge in [0.05, 0.1) is 0 Å². The van der Waals surface area contributed by atoms with Gasteiger partial charge in [0.1, 0.15) is 0 Å². The Balaban J connectivity index is 0.00000289. The van der Waals surface area contributed by atoms with E-state index in [2.05, 4.69) is 53.7 Å². The fraction of sp³-hybridized carbons (Fsp3) is 0.786. The molecule has 2 saturated heterocycles. The second kappa shape index (κ2) is 12.0. The highest BCUT2D eigenvalue weighted by Crippen LogP contribution is 2.45. The van der Waals surface area contributed by atoms with Crippen LogP contribution in [0, 0.1) is 5.41 Å². The zero-order valence-electron chi connectivity index (χ0n) is 21.1. The van der Waals surface area contributed by atoms with Crippen molar-refractivity contribution < 1.29 is 0 Å². The molecule has 4 rings (SSSR count). The highest BCUT2D eigenvalue weighted by Gasteiger charge is 2.30. The average Bonchev–Trinajstić information content (AvgIpc) is 3.07. The third-order valence-electron chi connectivity index (χ3n) is 8.30. The number of hydrogen-bond acceptors (Lipinski definition) is 3. The van der Waals surface area contributed by atoms with E-state index in [4.69, 9.17) is 0 Å². The fourth-order valence-corrected chi connectivity index (χ4v) is 5.99. The van der Waals surface area contributed by atoms with Gasteiger partial charge in [0.25, 0.3) is 0 Å². The van der Waals surface area contributed by atoms with E-state index in [0.717, 1.165) is 5.92 Å². The molecule has 2 heterocycles. The number of benzene rings is 1. The molecular formula is C28H48ClN3. The predicted molar refractivity (Wildman–Crippen MR) is 143 cm³/mol. The van der Waals surface area contributed by atoms with E-state index in [1.807, 2.05) is 0 Å². The summed E-state index contributed by atoms with van der Waals surface area (Å²) >= 11 is 0. The van der Waals surface area contributed by atoms with Crippen molar-refractivity contribution in [1.29, 1.82) is 0 Å². The van der Waals surface area contributed by atoms with Gasteiger partial charge in [-0.3, -0.25) is 4.90 Å². The number of unbranched alkanes of at least 4 members (excludes halogenated alkanes) is 1. The van der Waals surface area contributed by atoms with E-state index >= 15 is 0 Å². The van der Waals surface area contributed by atoms with Crippen LogP contribution in [0.25, 0.3) is 0 Å². The van der Waals surface area contributed by atoms with Crippen molar-refractivity contribution in [2.75, 3.05) is 55.6 Å². The summed E-state index contributed by atoms with van der Waals surface area (Å²) in [4.78, 5) is 8.06. The molecule has 0 amide bonds. The first-order chi connectivity index (χ1) is 15.1. The largest absolute Gasteiger partial charge is 0.372 e. The van der Waals surface area contributed by atoms with Crippen LogP contribution < -0.4 is 9.80 Å². The molecule has 0 N–H and O–H groups in total. The summed E-state index contributed by atoms with van der Waals surface area (Å²) in [5.74, 6) is 0.744. The van der Waals surface area contributed by atoms with Crippen molar-refractivity contribution >= 4 is 23.8 Å². The summed E-state index contributed by atoms with van der Waals surface area (Å²) in [6.45, 7) is 15.8. The van der Waals surface area contributed by atoms with Crippen LogP contribution in [0.2, 0.25) is 0 Å². The highest BCUT2D eigenvalue weighted by molar-refractivity contribution is 5.85. The van der Waals surface area contributed by atoms with Crippen LogP contribution in [0.15, 0.2) is 18.2 Å². The van der Waals surface area contributed by atoms with Crippen LogP contribution in [-0.2, 0) is 0 Å². The van der Waals surface area contributed by atoms with E-state index in [9.17, 15) is 0 Å². The van der Waals surface area contributed by atoms with Crippen molar-refractivity contribution in [3.8, 4) is 0 Å². The van der Waals surface area contributed by atoms with Gasteiger partial charge in [0.2, 0.25) is 0 Å². The first-order valence-electron chi connectivity index (χ1n) is 13.4. The molecule has 1 aromatic carbocycles. The molecule has 182 valence electrons. The van der Waals surface area contributed by atoms with Crippen molar-refractivity contribution in [3.63, 3.8) is 0 Å². The van der Waals surface area contributed by atoms with Crippen molar-refractivity contribution in [3.05, 3.63) is 23.8 Å². The maximum Gasteiger partial charge on any atom is 0.0404 e. The normalized spacial score (nSPS) is 23.0. The molecule has 1 saturated carbocycles. The van der Waals surface area contributed by atoms with Crippen molar-refractivity contribution in [2.24, 2.45) is 5.41 Å². The summed E-state index contributed by atoms with van der Waals surface area (Å²) in [6.07, 6.45) is 13.6. The minimum atomic E-state index is 0. The molecular weight excluding hydrogens is 414 g/mol. The number of anilines is 2. The lowest BCUT2D eigenvalue weighted by Crippen LogP contribution is -2.47. The number of halogens is 1. The van der Waals surface area contributed by atoms with Crippen LogP contribution in [-0.4, -0.2) is 50.7 Å². The lowest BCUT2D eigenvalue weighted by atomic mass is 9.71. The molecule has 4 heteroatoms. The predicted octanol–water partition coefficient (Wildman–Crippen LogP) is 7.09. The molecule has 32 heavy (non-hydrogen) atoms. The second-order valence-electron chi connectivity index (χ2n) is 11.3. The van der Waals surface area contributed by atoms with E-state index in [1.54, 1.807) is 11.3 Å². The maximum atomic E-state index is 2.71. The number of rotatable bonds is 6. The lowest BCUT2D eigenvalue weighted by Gasteiger charge is -2.40. The Morgan fingerprint density at radius 2 is 1.50 bits per heavy atom. The van der Waals surface area contributed by atoms with Crippen LogP contribution in [0.1, 0.15) is 96.5 Å². The number of piperazine rings is 1. The molecule has 0 radical (unpaired) electrons. The van der Waals surface area contributed by atoms with Crippen LogP contribution in [0.3, 0.4) is 0 Å². The fourth-order valence-electron chi connectivity index (χ4n) is 5.99. The molecule has 3 fully saturated rings. The topological polar surface area (TPSA) is 9.72 Å². The molecule has 3 nitrogen and oxygen atoms in total. The van der Waals surface area contributed by atoms with Crippen LogP contribution in [0.4, 0.5) is 11.4 Å². The van der Waals surface area contributed by atoms with Crippen LogP contribution in [0.5, 0.6) is 0 Å². The quantitative estimate of drug-likeness (QED) is 0.447. The minimum Gasteiger partial charge on any atom is -0.372 e. The smallest absolute Gasteiger partial charge is 0.0404 e. The van der Waals surface area contributed by atoms with Gasteiger partial charge in [-0.15, -0.1) is 12.4 Å². The molecule has 2 aliphatic heterocycles. The Morgan fingerprint density at radius 1 is 0.844 bits per heavy atom. The van der Waals surface area contributed by atoms with Gasteiger partial charge >= 0.3 is 0 Å². The Hall–Kier alpha value is -0.930. The van der Waals surface area contributed by atoms with E-state index in [-0.39, 0.29) is 12.4 Å². The molecule has 0 aromatic heterocycles. The first-order valence-corrected chi connectivity index (χ1v) is 13.4. The zero-order chi connectivity index (χ0) is 21.7. The van der Waals surface area contributed by atoms with E-state index in [0.29, 0.717) is 5.41 Å². The van der Waals surface area contributed by atoms with E-state index in [1.165, 1.54) is 116 Å². The highest BCUT2D eigenvalue weighted by atomic mass is 35.5. The third kappa shape index (κ3) is 6.56. The number of hydrogen-bond donors (Lipinski definition) is 0. The molecule has 1 aliphatic carbocycles. The minimum absolute atomic E-state index is 0. The Bertz CT molecular complexity index is 678. The molecule has 0 atom stereocenters. The maximum absolute atomic E-state index is 2.71. The Labute approximate surface area is 204 Å². The standard InChI is InChI=1S/C28H47N3.ClH/c1-4-5-16-29-19-21-31(22-20-29)27-11-10-25(30-17-8-6-7-9-18-30)23-26(27)24-12-14-28(2,3)15-13-24;/h10-11,23-24H,4-9,12-22H2,1-3H3;1H. The van der Waals surface area contributed by atoms with Gasteiger partial charge < -0.3 is 9.80 Å². The second-order valence-corrected chi connectivity index (χ2v) is 11.3. The Morgan fingerprint density at radius 3 is 2.12 bits per heavy atom. The van der Waals surface area contributed by atoms with Crippen molar-refractivity contribution in [1.82, 2.24) is 4.90 Å². The Kier molecular flexibility index (Phi) is 9.61. The molecule has 1 aromatic rings. The van der Waals surface area contributed by atoms with E-state index < -0.39 is 0 Å². The summed E-state index contributed by atoms with van der Waals surface area (Å²) < 4.78 is 0. The summed E-state index contributed by atoms with van der Waals surface area (Å²) in [5.41, 5.74) is 5.24. The van der Waals surface area contributed by atoms with Gasteiger partial charge in [-0.1, -0.05) is 40.0 Å². The molecule has 0 unspecified atom stereocenters. The van der Waals surface area contributed by atoms with Gasteiger partial charge in [0, 0.05) is 50.6 Å². The monoisotopic (exact) mass is 461 g/mol. The summed E-state index contributed by atoms with van der Waals surface area (Å²) in [7, 11) is 0. The molecule has 0 bridgehead atoms. The van der Waals surface area contributed by atoms with Gasteiger partial charge in [-0.05, 0) is 86.6 Å². The molecule has 0 spiro atoms. The molecule has 3 aliphatic rings. The SMILES string of the molecule is CCCCN1CCN(c2ccc(N3CCCCCC3)cc2C2CCC(C)(C)CC2)CC1.Cl. The zero-order valence-corrected chi connectivity index (χ0v) is 21.9.